The van der Waals surface area contributed by atoms with E-state index in [0.29, 0.717) is 11.5 Å². The van der Waals surface area contributed by atoms with Gasteiger partial charge in [0.25, 0.3) is 0 Å². The number of methoxy groups -OCH3 is 2. The van der Waals surface area contributed by atoms with Crippen molar-refractivity contribution >= 4 is 15.9 Å². The lowest BCUT2D eigenvalue weighted by Gasteiger charge is -2.20. The molecule has 0 saturated carbocycles. The Hall–Kier alpha value is -1.53. The van der Waals surface area contributed by atoms with E-state index in [9.17, 15) is 0 Å². The highest BCUT2D eigenvalue weighted by atomic mass is 79.9. The van der Waals surface area contributed by atoms with Crippen molar-refractivity contribution in [1.29, 1.82) is 0 Å². The fourth-order valence-corrected chi connectivity index (χ4v) is 2.94. The first kappa shape index (κ1) is 15.9. The molecule has 1 heterocycles. The zero-order valence-corrected chi connectivity index (χ0v) is 14.1. The van der Waals surface area contributed by atoms with Crippen molar-refractivity contribution in [3.63, 3.8) is 0 Å². The zero-order valence-electron chi connectivity index (χ0n) is 12.5. The highest BCUT2D eigenvalue weighted by Crippen LogP contribution is 2.38. The molecule has 0 aliphatic carbocycles. The van der Waals surface area contributed by atoms with Gasteiger partial charge in [-0.25, -0.2) is 0 Å². The third kappa shape index (κ3) is 3.06. The van der Waals surface area contributed by atoms with Crippen LogP contribution in [0.15, 0.2) is 28.9 Å². The van der Waals surface area contributed by atoms with Crippen LogP contribution >= 0.6 is 15.9 Å². The van der Waals surface area contributed by atoms with Crippen molar-refractivity contribution in [2.24, 2.45) is 5.73 Å². The van der Waals surface area contributed by atoms with Gasteiger partial charge in [0.05, 0.1) is 42.2 Å². The van der Waals surface area contributed by atoms with Crippen molar-refractivity contribution < 1.29 is 9.47 Å². The van der Waals surface area contributed by atoms with Gasteiger partial charge in [0.2, 0.25) is 0 Å². The van der Waals surface area contributed by atoms with Crippen LogP contribution in [0.25, 0.3) is 0 Å². The molecule has 2 aromatic rings. The highest BCUT2D eigenvalue weighted by Gasteiger charge is 2.24. The second-order valence-corrected chi connectivity index (χ2v) is 5.51. The Balaban J connectivity index is 2.54. The van der Waals surface area contributed by atoms with Crippen molar-refractivity contribution in [2.45, 2.75) is 25.9 Å². The number of benzene rings is 1. The smallest absolute Gasteiger partial charge is 0.127 e. The number of hydrogen-bond donors (Lipinski definition) is 1. The van der Waals surface area contributed by atoms with Gasteiger partial charge in [-0.2, -0.15) is 5.10 Å². The van der Waals surface area contributed by atoms with Crippen LogP contribution in [0, 0.1) is 0 Å². The number of aryl methyl sites for hydroxylation is 1. The number of nitrogens with zero attached hydrogens (tertiary/aromatic N) is 2. The number of ether oxygens (including phenoxy) is 2. The summed E-state index contributed by atoms with van der Waals surface area (Å²) in [5.74, 6) is 1.41. The van der Waals surface area contributed by atoms with Gasteiger partial charge in [-0.3, -0.25) is 4.68 Å². The molecule has 0 saturated heterocycles. The Morgan fingerprint density at radius 2 is 1.90 bits per heavy atom. The topological polar surface area (TPSA) is 62.3 Å². The Labute approximate surface area is 133 Å². The van der Waals surface area contributed by atoms with Gasteiger partial charge < -0.3 is 15.2 Å². The van der Waals surface area contributed by atoms with E-state index in [4.69, 9.17) is 15.2 Å². The largest absolute Gasteiger partial charge is 0.496 e. The molecule has 0 amide bonds. The van der Waals surface area contributed by atoms with Crippen LogP contribution in [0.2, 0.25) is 0 Å². The summed E-state index contributed by atoms with van der Waals surface area (Å²) in [6.07, 6.45) is 2.75. The second-order valence-electron chi connectivity index (χ2n) is 4.65. The van der Waals surface area contributed by atoms with E-state index in [1.807, 2.05) is 22.9 Å². The van der Waals surface area contributed by atoms with Gasteiger partial charge in [0.1, 0.15) is 11.5 Å². The monoisotopic (exact) mass is 353 g/mol. The SMILES string of the molecule is CCCn1ncc(Br)c1C(N)c1c(OC)cccc1OC. The summed E-state index contributed by atoms with van der Waals surface area (Å²) in [5.41, 5.74) is 8.23. The van der Waals surface area contributed by atoms with E-state index in [-0.39, 0.29) is 6.04 Å². The summed E-state index contributed by atoms with van der Waals surface area (Å²) < 4.78 is 13.7. The van der Waals surface area contributed by atoms with Crippen molar-refractivity contribution in [3.05, 3.63) is 40.1 Å². The lowest BCUT2D eigenvalue weighted by atomic mass is 10.0. The molecule has 0 fully saturated rings. The zero-order chi connectivity index (χ0) is 15.4. The maximum absolute atomic E-state index is 6.49. The minimum atomic E-state index is -0.389. The standard InChI is InChI=1S/C15H20BrN3O2/c1-4-8-19-15(10(16)9-18-19)14(17)13-11(20-2)6-5-7-12(13)21-3/h5-7,9,14H,4,8,17H2,1-3H3. The van der Waals surface area contributed by atoms with Crippen LogP contribution in [0.3, 0.4) is 0 Å². The van der Waals surface area contributed by atoms with Gasteiger partial charge in [-0.1, -0.05) is 13.0 Å². The molecule has 1 aromatic carbocycles. The average Bonchev–Trinajstić information content (AvgIpc) is 2.86. The van der Waals surface area contributed by atoms with E-state index >= 15 is 0 Å². The number of halogens is 1. The van der Waals surface area contributed by atoms with Crippen LogP contribution in [-0.2, 0) is 6.54 Å². The third-order valence-electron chi connectivity index (χ3n) is 3.34. The second kappa shape index (κ2) is 6.95. The molecular formula is C15H20BrN3O2. The summed E-state index contributed by atoms with van der Waals surface area (Å²) in [6, 6.07) is 5.25. The predicted octanol–water partition coefficient (Wildman–Crippen LogP) is 3.12. The number of rotatable bonds is 6. The number of aromatic nitrogens is 2. The molecule has 5 nitrogen and oxygen atoms in total. The minimum Gasteiger partial charge on any atom is -0.496 e. The first-order valence-corrected chi connectivity index (χ1v) is 7.61. The molecule has 0 aliphatic heterocycles. The van der Waals surface area contributed by atoms with Gasteiger partial charge in [0, 0.05) is 6.54 Å². The normalized spacial score (nSPS) is 12.2. The van der Waals surface area contributed by atoms with Crippen molar-refractivity contribution in [3.8, 4) is 11.5 Å². The quantitative estimate of drug-likeness (QED) is 0.866. The van der Waals surface area contributed by atoms with Crippen LogP contribution in [-0.4, -0.2) is 24.0 Å². The Morgan fingerprint density at radius 3 is 2.43 bits per heavy atom. The molecular weight excluding hydrogens is 334 g/mol. The molecule has 0 aliphatic rings. The first-order chi connectivity index (χ1) is 10.1. The highest BCUT2D eigenvalue weighted by molar-refractivity contribution is 9.10. The first-order valence-electron chi connectivity index (χ1n) is 6.81. The Bertz CT molecular complexity index is 591. The van der Waals surface area contributed by atoms with Gasteiger partial charge in [0.15, 0.2) is 0 Å². The molecule has 6 heteroatoms. The average molecular weight is 354 g/mol. The molecule has 1 atom stereocenters. The summed E-state index contributed by atoms with van der Waals surface area (Å²) in [4.78, 5) is 0. The molecule has 114 valence electrons. The van der Waals surface area contributed by atoms with Gasteiger partial charge in [-0.05, 0) is 34.5 Å². The number of nitrogens with two attached hydrogens (primary N) is 1. The maximum Gasteiger partial charge on any atom is 0.127 e. The molecule has 1 aromatic heterocycles. The summed E-state index contributed by atoms with van der Waals surface area (Å²) in [6.45, 7) is 2.92. The van der Waals surface area contributed by atoms with Crippen LogP contribution in [0.4, 0.5) is 0 Å². The van der Waals surface area contributed by atoms with E-state index in [1.165, 1.54) is 0 Å². The van der Waals surface area contributed by atoms with E-state index in [0.717, 1.165) is 28.7 Å². The van der Waals surface area contributed by atoms with Crippen molar-refractivity contribution in [2.75, 3.05) is 14.2 Å². The van der Waals surface area contributed by atoms with Crippen LogP contribution in [0.5, 0.6) is 11.5 Å². The van der Waals surface area contributed by atoms with E-state index in [1.54, 1.807) is 20.4 Å². The summed E-state index contributed by atoms with van der Waals surface area (Å²) in [5, 5.41) is 4.37. The van der Waals surface area contributed by atoms with Crippen molar-refractivity contribution in [1.82, 2.24) is 9.78 Å². The third-order valence-corrected chi connectivity index (χ3v) is 3.95. The lowest BCUT2D eigenvalue weighted by Crippen LogP contribution is -2.19. The molecule has 0 radical (unpaired) electrons. The lowest BCUT2D eigenvalue weighted by molar-refractivity contribution is 0.380. The minimum absolute atomic E-state index is 0.389. The molecule has 21 heavy (non-hydrogen) atoms. The number of hydrogen-bond acceptors (Lipinski definition) is 4. The Kier molecular flexibility index (Phi) is 5.25. The fourth-order valence-electron chi connectivity index (χ4n) is 2.39. The molecule has 2 N–H and O–H groups in total. The van der Waals surface area contributed by atoms with Crippen LogP contribution in [0.1, 0.15) is 30.6 Å². The predicted molar refractivity (Wildman–Crippen MR) is 85.8 cm³/mol. The maximum atomic E-state index is 6.49. The summed E-state index contributed by atoms with van der Waals surface area (Å²) in [7, 11) is 3.26. The summed E-state index contributed by atoms with van der Waals surface area (Å²) >= 11 is 3.53. The molecule has 1 unspecified atom stereocenters. The van der Waals surface area contributed by atoms with Crippen LogP contribution < -0.4 is 15.2 Å². The van der Waals surface area contributed by atoms with Gasteiger partial charge >= 0.3 is 0 Å². The Morgan fingerprint density at radius 1 is 1.29 bits per heavy atom. The van der Waals surface area contributed by atoms with E-state index in [2.05, 4.69) is 28.0 Å². The molecule has 0 bridgehead atoms. The molecule has 2 rings (SSSR count). The molecule has 0 spiro atoms. The van der Waals surface area contributed by atoms with E-state index < -0.39 is 0 Å². The van der Waals surface area contributed by atoms with Gasteiger partial charge in [-0.15, -0.1) is 0 Å². The fraction of sp³-hybridized carbons (Fsp3) is 0.400.